The number of aromatic amines is 1. The quantitative estimate of drug-likeness (QED) is 0.748. The maximum atomic E-state index is 5.34. The van der Waals surface area contributed by atoms with E-state index in [9.17, 15) is 0 Å². The maximum Gasteiger partial charge on any atom is 0.223 e. The zero-order chi connectivity index (χ0) is 13.9. The molecule has 102 valence electrons. The van der Waals surface area contributed by atoms with E-state index in [0.717, 1.165) is 11.3 Å². The van der Waals surface area contributed by atoms with Crippen molar-refractivity contribution in [2.45, 2.75) is 19.9 Å². The lowest BCUT2D eigenvalue weighted by Crippen LogP contribution is -2.04. The van der Waals surface area contributed by atoms with Gasteiger partial charge in [-0.15, -0.1) is 0 Å². The lowest BCUT2D eigenvalue weighted by molar-refractivity contribution is 0.386. The second-order valence-corrected chi connectivity index (χ2v) is 4.86. The van der Waals surface area contributed by atoms with Gasteiger partial charge >= 0.3 is 0 Å². The molecule has 0 aliphatic carbocycles. The van der Waals surface area contributed by atoms with Crippen LogP contribution in [-0.4, -0.2) is 19.7 Å². The van der Waals surface area contributed by atoms with Gasteiger partial charge in [-0.1, -0.05) is 35.5 Å². The summed E-state index contributed by atoms with van der Waals surface area (Å²) in [5.41, 5.74) is 2.19. The van der Waals surface area contributed by atoms with Crippen molar-refractivity contribution in [1.29, 1.82) is 0 Å². The van der Waals surface area contributed by atoms with Gasteiger partial charge in [-0.2, -0.15) is 4.98 Å². The van der Waals surface area contributed by atoms with E-state index in [0.29, 0.717) is 29.5 Å². The Morgan fingerprint density at radius 1 is 1.30 bits per heavy atom. The molecule has 0 radical (unpaired) electrons. The van der Waals surface area contributed by atoms with Gasteiger partial charge in [-0.3, -0.25) is 0 Å². The molecule has 0 atom stereocenters. The molecule has 0 aliphatic heterocycles. The number of rotatable bonds is 4. The molecule has 1 aromatic carbocycles. The smallest absolute Gasteiger partial charge is 0.223 e. The third-order valence-electron chi connectivity index (χ3n) is 3.07. The predicted octanol–water partition coefficient (Wildman–Crippen LogP) is 3.15. The van der Waals surface area contributed by atoms with Crippen molar-refractivity contribution in [2.75, 3.05) is 0 Å². The highest BCUT2D eigenvalue weighted by Crippen LogP contribution is 2.19. The molecule has 2 heterocycles. The fourth-order valence-electron chi connectivity index (χ4n) is 2.12. The summed E-state index contributed by atoms with van der Waals surface area (Å²) in [6.45, 7) is 2.50. The van der Waals surface area contributed by atoms with Gasteiger partial charge in [0.2, 0.25) is 5.89 Å². The number of nitrogens with zero attached hydrogens (tertiary/aromatic N) is 3. The SMILES string of the molecule is Cc1nc(CCn2c(-c3ccccc3)c[nH]c2=S)no1. The number of imidazole rings is 1. The highest BCUT2D eigenvalue weighted by Gasteiger charge is 2.08. The molecule has 0 fully saturated rings. The number of hydrogen-bond acceptors (Lipinski definition) is 4. The molecule has 3 aromatic rings. The topological polar surface area (TPSA) is 59.6 Å². The second kappa shape index (κ2) is 5.42. The van der Waals surface area contributed by atoms with E-state index in [1.807, 2.05) is 24.4 Å². The third-order valence-corrected chi connectivity index (χ3v) is 3.40. The van der Waals surface area contributed by atoms with Gasteiger partial charge in [0.25, 0.3) is 0 Å². The van der Waals surface area contributed by atoms with Crippen LogP contribution in [0.15, 0.2) is 41.1 Å². The highest BCUT2D eigenvalue weighted by atomic mass is 32.1. The molecular weight excluding hydrogens is 272 g/mol. The number of nitrogens with one attached hydrogen (secondary N) is 1. The van der Waals surface area contributed by atoms with Crippen molar-refractivity contribution in [3.05, 3.63) is 53.0 Å². The highest BCUT2D eigenvalue weighted by molar-refractivity contribution is 7.71. The molecule has 0 bridgehead atoms. The minimum absolute atomic E-state index is 0.584. The Labute approximate surface area is 121 Å². The second-order valence-electron chi connectivity index (χ2n) is 4.48. The normalized spacial score (nSPS) is 10.8. The summed E-state index contributed by atoms with van der Waals surface area (Å²) in [5.74, 6) is 1.28. The summed E-state index contributed by atoms with van der Waals surface area (Å²) in [6, 6.07) is 10.1. The molecule has 0 amide bonds. The lowest BCUT2D eigenvalue weighted by Gasteiger charge is -2.06. The molecule has 6 heteroatoms. The Morgan fingerprint density at radius 2 is 2.10 bits per heavy atom. The third kappa shape index (κ3) is 2.55. The van der Waals surface area contributed by atoms with Crippen LogP contribution in [0.25, 0.3) is 11.3 Å². The summed E-state index contributed by atoms with van der Waals surface area (Å²) in [4.78, 5) is 7.30. The number of aromatic nitrogens is 4. The molecule has 5 nitrogen and oxygen atoms in total. The number of aryl methyl sites for hydroxylation is 2. The van der Waals surface area contributed by atoms with E-state index in [-0.39, 0.29) is 0 Å². The summed E-state index contributed by atoms with van der Waals surface area (Å²) >= 11 is 5.34. The Morgan fingerprint density at radius 3 is 2.80 bits per heavy atom. The average molecular weight is 286 g/mol. The van der Waals surface area contributed by atoms with Gasteiger partial charge in [0.15, 0.2) is 10.6 Å². The van der Waals surface area contributed by atoms with E-state index < -0.39 is 0 Å². The Bertz CT molecular complexity index is 757. The van der Waals surface area contributed by atoms with Gasteiger partial charge in [0, 0.05) is 26.1 Å². The van der Waals surface area contributed by atoms with Crippen molar-refractivity contribution >= 4 is 12.2 Å². The molecule has 0 unspecified atom stereocenters. The molecule has 0 saturated heterocycles. The molecule has 0 saturated carbocycles. The van der Waals surface area contributed by atoms with Crippen molar-refractivity contribution < 1.29 is 4.52 Å². The van der Waals surface area contributed by atoms with Gasteiger partial charge in [0.1, 0.15) is 0 Å². The first-order chi connectivity index (χ1) is 9.74. The minimum atomic E-state index is 0.584. The van der Waals surface area contributed by atoms with Crippen LogP contribution in [0.1, 0.15) is 11.7 Å². The predicted molar refractivity (Wildman–Crippen MR) is 77.8 cm³/mol. The van der Waals surface area contributed by atoms with E-state index in [1.165, 1.54) is 0 Å². The Kier molecular flexibility index (Phi) is 3.47. The largest absolute Gasteiger partial charge is 0.340 e. The average Bonchev–Trinajstić information content (AvgIpc) is 3.04. The van der Waals surface area contributed by atoms with Gasteiger partial charge in [-0.05, 0) is 17.8 Å². The summed E-state index contributed by atoms with van der Waals surface area (Å²) < 4.78 is 7.73. The van der Waals surface area contributed by atoms with Crippen LogP contribution in [0.5, 0.6) is 0 Å². The van der Waals surface area contributed by atoms with Gasteiger partial charge in [0.05, 0.1) is 5.69 Å². The summed E-state index contributed by atoms with van der Waals surface area (Å²) in [7, 11) is 0. The molecule has 0 aliphatic rings. The van der Waals surface area contributed by atoms with Crippen molar-refractivity contribution in [2.24, 2.45) is 0 Å². The van der Waals surface area contributed by atoms with E-state index in [4.69, 9.17) is 16.7 Å². The molecule has 1 N–H and O–H groups in total. The lowest BCUT2D eigenvalue weighted by atomic mass is 10.2. The van der Waals surface area contributed by atoms with Crippen molar-refractivity contribution in [3.8, 4) is 11.3 Å². The van der Waals surface area contributed by atoms with Crippen LogP contribution in [0.4, 0.5) is 0 Å². The zero-order valence-corrected chi connectivity index (χ0v) is 11.9. The van der Waals surface area contributed by atoms with Crippen LogP contribution >= 0.6 is 12.2 Å². The van der Waals surface area contributed by atoms with Crippen LogP contribution in [-0.2, 0) is 13.0 Å². The molecule has 20 heavy (non-hydrogen) atoms. The first-order valence-corrected chi connectivity index (χ1v) is 6.77. The van der Waals surface area contributed by atoms with Crippen molar-refractivity contribution in [3.63, 3.8) is 0 Å². The van der Waals surface area contributed by atoms with Crippen LogP contribution in [0.2, 0.25) is 0 Å². The van der Waals surface area contributed by atoms with Crippen molar-refractivity contribution in [1.82, 2.24) is 19.7 Å². The number of hydrogen-bond donors (Lipinski definition) is 1. The van der Waals surface area contributed by atoms with Crippen LogP contribution < -0.4 is 0 Å². The zero-order valence-electron chi connectivity index (χ0n) is 11.0. The fraction of sp³-hybridized carbons (Fsp3) is 0.214. The van der Waals surface area contributed by atoms with E-state index in [2.05, 4.69) is 31.8 Å². The maximum absolute atomic E-state index is 5.34. The Hall–Kier alpha value is -2.21. The van der Waals surface area contributed by atoms with Crippen LogP contribution in [0.3, 0.4) is 0 Å². The first kappa shape index (κ1) is 12.8. The van der Waals surface area contributed by atoms with E-state index >= 15 is 0 Å². The number of benzene rings is 1. The fourth-order valence-corrected chi connectivity index (χ4v) is 2.37. The summed E-state index contributed by atoms with van der Waals surface area (Å²) in [5, 5.41) is 3.90. The minimum Gasteiger partial charge on any atom is -0.340 e. The van der Waals surface area contributed by atoms with Gasteiger partial charge in [-0.25, -0.2) is 0 Å². The van der Waals surface area contributed by atoms with Gasteiger partial charge < -0.3 is 14.1 Å². The Balaban J connectivity index is 1.86. The van der Waals surface area contributed by atoms with E-state index in [1.54, 1.807) is 6.92 Å². The van der Waals surface area contributed by atoms with Crippen LogP contribution in [0, 0.1) is 11.7 Å². The monoisotopic (exact) mass is 286 g/mol. The summed E-state index contributed by atoms with van der Waals surface area (Å²) in [6.07, 6.45) is 2.61. The molecule has 0 spiro atoms. The molecule has 2 aromatic heterocycles. The number of H-pyrrole nitrogens is 1. The molecule has 3 rings (SSSR count). The standard InChI is InChI=1S/C14H14N4OS/c1-10-16-13(17-19-10)7-8-18-12(9-15-14(18)20)11-5-3-2-4-6-11/h2-6,9H,7-8H2,1H3,(H,15,20). The first-order valence-electron chi connectivity index (χ1n) is 6.37. The molecular formula is C14H14N4OS.